The maximum absolute atomic E-state index is 3.38. The number of hydrogen-bond acceptors (Lipinski definition) is 2. The molecule has 2 heteroatoms. The van der Waals surface area contributed by atoms with Crippen LogP contribution in [0.2, 0.25) is 0 Å². The minimum atomic E-state index is 0.433. The van der Waals surface area contributed by atoms with Gasteiger partial charge >= 0.3 is 0 Å². The first-order valence-electron chi connectivity index (χ1n) is 5.56. The lowest BCUT2D eigenvalue weighted by atomic mass is 10.0. The van der Waals surface area contributed by atoms with Gasteiger partial charge in [0.2, 0.25) is 0 Å². The van der Waals surface area contributed by atoms with Crippen molar-refractivity contribution in [1.29, 1.82) is 0 Å². The van der Waals surface area contributed by atoms with Crippen LogP contribution in [0.25, 0.3) is 0 Å². The average Bonchev–Trinajstić information content (AvgIpc) is 2.82. The van der Waals surface area contributed by atoms with Gasteiger partial charge in [0.15, 0.2) is 0 Å². The minimum Gasteiger partial charge on any atom is -0.312 e. The number of rotatable bonds is 4. The van der Waals surface area contributed by atoms with Crippen LogP contribution >= 0.6 is 11.3 Å². The summed E-state index contributed by atoms with van der Waals surface area (Å²) in [7, 11) is 2.03. The lowest BCUT2D eigenvalue weighted by Gasteiger charge is -2.14. The van der Waals surface area contributed by atoms with Crippen LogP contribution in [0.3, 0.4) is 0 Å². The summed E-state index contributed by atoms with van der Waals surface area (Å²) < 4.78 is 0. The van der Waals surface area contributed by atoms with Crippen LogP contribution in [0.1, 0.15) is 22.0 Å². The highest BCUT2D eigenvalue weighted by molar-refractivity contribution is 7.10. The second-order valence-electron chi connectivity index (χ2n) is 4.05. The second-order valence-corrected chi connectivity index (χ2v) is 5.03. The van der Waals surface area contributed by atoms with Gasteiger partial charge in [-0.1, -0.05) is 35.9 Å². The molecule has 1 aromatic heterocycles. The summed E-state index contributed by atoms with van der Waals surface area (Å²) in [5.41, 5.74) is 2.71. The van der Waals surface area contributed by atoms with Crippen molar-refractivity contribution in [2.75, 3.05) is 7.05 Å². The summed E-state index contributed by atoms with van der Waals surface area (Å²) in [6.07, 6.45) is 1.05. The number of thiophene rings is 1. The van der Waals surface area contributed by atoms with Crippen LogP contribution < -0.4 is 5.32 Å². The Morgan fingerprint density at radius 3 is 2.50 bits per heavy atom. The van der Waals surface area contributed by atoms with E-state index in [4.69, 9.17) is 0 Å². The highest BCUT2D eigenvalue weighted by Crippen LogP contribution is 2.22. The van der Waals surface area contributed by atoms with Gasteiger partial charge in [-0.15, -0.1) is 11.3 Å². The van der Waals surface area contributed by atoms with Gasteiger partial charge in [-0.25, -0.2) is 0 Å². The Hall–Kier alpha value is -1.12. The lowest BCUT2D eigenvalue weighted by Crippen LogP contribution is -2.17. The van der Waals surface area contributed by atoms with Crippen molar-refractivity contribution in [1.82, 2.24) is 5.32 Å². The van der Waals surface area contributed by atoms with Crippen LogP contribution in [0.5, 0.6) is 0 Å². The van der Waals surface area contributed by atoms with E-state index in [0.29, 0.717) is 6.04 Å². The molecule has 1 aromatic carbocycles. The van der Waals surface area contributed by atoms with Gasteiger partial charge in [-0.2, -0.15) is 0 Å². The third kappa shape index (κ3) is 2.71. The van der Waals surface area contributed by atoms with E-state index in [1.54, 1.807) is 0 Å². The van der Waals surface area contributed by atoms with Crippen molar-refractivity contribution in [3.05, 3.63) is 57.8 Å². The molecule has 0 aliphatic rings. The van der Waals surface area contributed by atoms with Crippen molar-refractivity contribution in [2.24, 2.45) is 0 Å². The van der Waals surface area contributed by atoms with Gasteiger partial charge in [0.05, 0.1) is 0 Å². The van der Waals surface area contributed by atoms with Gasteiger partial charge in [0.1, 0.15) is 0 Å². The molecule has 0 bridgehead atoms. The first-order chi connectivity index (χ1) is 7.79. The molecular weight excluding hydrogens is 214 g/mol. The molecule has 0 saturated carbocycles. The topological polar surface area (TPSA) is 12.0 Å². The first kappa shape index (κ1) is 11.4. The molecular formula is C14H17NS. The monoisotopic (exact) mass is 231 g/mol. The second kappa shape index (κ2) is 5.28. The van der Waals surface area contributed by atoms with E-state index in [1.165, 1.54) is 16.0 Å². The molecule has 1 N–H and O–H groups in total. The zero-order valence-corrected chi connectivity index (χ0v) is 10.6. The van der Waals surface area contributed by atoms with E-state index in [2.05, 4.69) is 54.0 Å². The summed E-state index contributed by atoms with van der Waals surface area (Å²) in [6, 6.07) is 13.5. The molecule has 0 aliphatic heterocycles. The average molecular weight is 231 g/mol. The Morgan fingerprint density at radius 1 is 1.19 bits per heavy atom. The van der Waals surface area contributed by atoms with Gasteiger partial charge in [0.25, 0.3) is 0 Å². The van der Waals surface area contributed by atoms with E-state index < -0.39 is 0 Å². The van der Waals surface area contributed by atoms with Crippen molar-refractivity contribution in [3.63, 3.8) is 0 Å². The van der Waals surface area contributed by atoms with Gasteiger partial charge in [-0.05, 0) is 37.4 Å². The molecule has 16 heavy (non-hydrogen) atoms. The van der Waals surface area contributed by atoms with Crippen LogP contribution in [-0.2, 0) is 6.42 Å². The number of benzene rings is 1. The van der Waals surface area contributed by atoms with Gasteiger partial charge < -0.3 is 5.32 Å². The summed E-state index contributed by atoms with van der Waals surface area (Å²) in [4.78, 5) is 1.41. The van der Waals surface area contributed by atoms with Crippen LogP contribution in [0.15, 0.2) is 41.8 Å². The molecule has 1 heterocycles. The molecule has 0 fully saturated rings. The zero-order chi connectivity index (χ0) is 11.4. The Bertz CT molecular complexity index is 417. The zero-order valence-electron chi connectivity index (χ0n) is 9.73. The third-order valence-electron chi connectivity index (χ3n) is 2.80. The SMILES string of the molecule is CNC(Cc1ccc(C)cc1)c1cccs1. The molecule has 2 rings (SSSR count). The first-order valence-corrected chi connectivity index (χ1v) is 6.44. The Balaban J connectivity index is 2.10. The largest absolute Gasteiger partial charge is 0.312 e. The number of hydrogen-bond donors (Lipinski definition) is 1. The normalized spacial score (nSPS) is 12.6. The number of nitrogens with one attached hydrogen (secondary N) is 1. The summed E-state index contributed by atoms with van der Waals surface area (Å²) in [5.74, 6) is 0. The molecule has 0 radical (unpaired) electrons. The number of aryl methyl sites for hydroxylation is 1. The fourth-order valence-corrected chi connectivity index (χ4v) is 2.63. The predicted molar refractivity (Wildman–Crippen MR) is 71.0 cm³/mol. The van der Waals surface area contributed by atoms with E-state index in [0.717, 1.165) is 6.42 Å². The van der Waals surface area contributed by atoms with E-state index >= 15 is 0 Å². The molecule has 1 nitrogen and oxygen atoms in total. The van der Waals surface area contributed by atoms with Crippen LogP contribution in [0, 0.1) is 6.92 Å². The van der Waals surface area contributed by atoms with Gasteiger partial charge in [-0.3, -0.25) is 0 Å². The Kier molecular flexibility index (Phi) is 3.75. The minimum absolute atomic E-state index is 0.433. The fraction of sp³-hybridized carbons (Fsp3) is 0.286. The number of likely N-dealkylation sites (N-methyl/N-ethyl adjacent to an activating group) is 1. The molecule has 2 aromatic rings. The Morgan fingerprint density at radius 2 is 1.94 bits per heavy atom. The van der Waals surface area contributed by atoms with Crippen molar-refractivity contribution in [2.45, 2.75) is 19.4 Å². The third-order valence-corrected chi connectivity index (χ3v) is 3.78. The molecule has 0 aliphatic carbocycles. The molecule has 1 unspecified atom stereocenters. The van der Waals surface area contributed by atoms with Crippen LogP contribution in [0.4, 0.5) is 0 Å². The highest BCUT2D eigenvalue weighted by Gasteiger charge is 2.10. The summed E-state index contributed by atoms with van der Waals surface area (Å²) >= 11 is 1.82. The van der Waals surface area contributed by atoms with Gasteiger partial charge in [0, 0.05) is 10.9 Å². The van der Waals surface area contributed by atoms with Crippen LogP contribution in [-0.4, -0.2) is 7.05 Å². The standard InChI is InChI=1S/C14H17NS/c1-11-5-7-12(8-6-11)10-13(15-2)14-4-3-9-16-14/h3-9,13,15H,10H2,1-2H3. The van der Waals surface area contributed by atoms with E-state index in [1.807, 2.05) is 18.4 Å². The Labute approximate surface area is 101 Å². The maximum Gasteiger partial charge on any atom is 0.0453 e. The molecule has 0 spiro atoms. The smallest absolute Gasteiger partial charge is 0.0453 e. The molecule has 0 amide bonds. The fourth-order valence-electron chi connectivity index (χ4n) is 1.79. The van der Waals surface area contributed by atoms with Crippen molar-refractivity contribution < 1.29 is 0 Å². The highest BCUT2D eigenvalue weighted by atomic mass is 32.1. The maximum atomic E-state index is 3.38. The lowest BCUT2D eigenvalue weighted by molar-refractivity contribution is 0.602. The quantitative estimate of drug-likeness (QED) is 0.848. The van der Waals surface area contributed by atoms with Crippen molar-refractivity contribution in [3.8, 4) is 0 Å². The van der Waals surface area contributed by atoms with E-state index in [9.17, 15) is 0 Å². The summed E-state index contributed by atoms with van der Waals surface area (Å²) in [5, 5.41) is 5.51. The van der Waals surface area contributed by atoms with E-state index in [-0.39, 0.29) is 0 Å². The van der Waals surface area contributed by atoms with Crippen molar-refractivity contribution >= 4 is 11.3 Å². The molecule has 84 valence electrons. The molecule has 0 saturated heterocycles. The summed E-state index contributed by atoms with van der Waals surface area (Å²) in [6.45, 7) is 2.12. The predicted octanol–water partition coefficient (Wildman–Crippen LogP) is 3.56. The molecule has 1 atom stereocenters.